The van der Waals surface area contributed by atoms with Gasteiger partial charge in [-0.2, -0.15) is 0 Å². The molecule has 1 unspecified atom stereocenters. The molecule has 2 aromatic heterocycles. The van der Waals surface area contributed by atoms with E-state index < -0.39 is 0 Å². The first-order valence-corrected chi connectivity index (χ1v) is 5.48. The number of pyridine rings is 1. The molecule has 18 heavy (non-hydrogen) atoms. The summed E-state index contributed by atoms with van der Waals surface area (Å²) in [5.74, 6) is -0.0232. The molecule has 2 rings (SSSR count). The summed E-state index contributed by atoms with van der Waals surface area (Å²) in [6, 6.07) is 8.41. The summed E-state index contributed by atoms with van der Waals surface area (Å²) in [6.45, 7) is 1.85. The predicted octanol–water partition coefficient (Wildman–Crippen LogP) is 0.945. The smallest absolute Gasteiger partial charge is 0.272 e. The van der Waals surface area contributed by atoms with E-state index in [0.29, 0.717) is 0 Å². The SMILES string of the molecule is CC(NC(=O)c1ccc(N)nn1)c1ccccn1. The Morgan fingerprint density at radius 1 is 1.28 bits per heavy atom. The van der Waals surface area contributed by atoms with E-state index in [-0.39, 0.29) is 23.5 Å². The maximum atomic E-state index is 11.9. The Kier molecular flexibility index (Phi) is 3.47. The van der Waals surface area contributed by atoms with Crippen LogP contribution < -0.4 is 11.1 Å². The van der Waals surface area contributed by atoms with Crippen molar-refractivity contribution in [3.05, 3.63) is 47.9 Å². The summed E-state index contributed by atoms with van der Waals surface area (Å²) < 4.78 is 0. The maximum absolute atomic E-state index is 11.9. The Balaban J connectivity index is 2.06. The summed E-state index contributed by atoms with van der Waals surface area (Å²) in [6.07, 6.45) is 1.68. The van der Waals surface area contributed by atoms with Gasteiger partial charge in [0.15, 0.2) is 5.69 Å². The lowest BCUT2D eigenvalue weighted by Gasteiger charge is -2.12. The number of aromatic nitrogens is 3. The highest BCUT2D eigenvalue weighted by Crippen LogP contribution is 2.08. The van der Waals surface area contributed by atoms with E-state index in [9.17, 15) is 4.79 Å². The van der Waals surface area contributed by atoms with Gasteiger partial charge < -0.3 is 11.1 Å². The van der Waals surface area contributed by atoms with Gasteiger partial charge in [0.25, 0.3) is 5.91 Å². The molecule has 3 N–H and O–H groups in total. The van der Waals surface area contributed by atoms with Gasteiger partial charge in [0.2, 0.25) is 0 Å². The van der Waals surface area contributed by atoms with Crippen molar-refractivity contribution >= 4 is 11.7 Å². The van der Waals surface area contributed by atoms with Gasteiger partial charge >= 0.3 is 0 Å². The maximum Gasteiger partial charge on any atom is 0.272 e. The second-order valence-electron chi connectivity index (χ2n) is 3.79. The van der Waals surface area contributed by atoms with Crippen molar-refractivity contribution in [1.29, 1.82) is 0 Å². The number of rotatable bonds is 3. The van der Waals surface area contributed by atoms with Crippen LogP contribution in [0.2, 0.25) is 0 Å². The Bertz CT molecular complexity index is 526. The lowest BCUT2D eigenvalue weighted by atomic mass is 10.2. The molecule has 0 radical (unpaired) electrons. The molecular weight excluding hydrogens is 230 g/mol. The van der Waals surface area contributed by atoms with Crippen molar-refractivity contribution in [2.75, 3.05) is 5.73 Å². The molecule has 0 aliphatic heterocycles. The first-order chi connectivity index (χ1) is 8.66. The summed E-state index contributed by atoms with van der Waals surface area (Å²) in [5.41, 5.74) is 6.42. The molecule has 0 saturated heterocycles. The molecule has 0 aliphatic rings. The third-order valence-corrected chi connectivity index (χ3v) is 2.40. The number of nitrogens with zero attached hydrogens (tertiary/aromatic N) is 3. The first-order valence-electron chi connectivity index (χ1n) is 5.48. The van der Waals surface area contributed by atoms with Crippen molar-refractivity contribution in [1.82, 2.24) is 20.5 Å². The Morgan fingerprint density at radius 2 is 2.11 bits per heavy atom. The van der Waals surface area contributed by atoms with Crippen molar-refractivity contribution < 1.29 is 4.79 Å². The van der Waals surface area contributed by atoms with Gasteiger partial charge in [0.05, 0.1) is 11.7 Å². The standard InChI is InChI=1S/C12H13N5O/c1-8(9-4-2-3-7-14-9)15-12(18)10-5-6-11(13)17-16-10/h2-8H,1H3,(H2,13,17)(H,15,18). The highest BCUT2D eigenvalue weighted by atomic mass is 16.2. The third-order valence-electron chi connectivity index (χ3n) is 2.40. The summed E-state index contributed by atoms with van der Waals surface area (Å²) in [7, 11) is 0. The van der Waals surface area contributed by atoms with E-state index >= 15 is 0 Å². The molecule has 0 spiro atoms. The number of hydrogen-bond acceptors (Lipinski definition) is 5. The molecule has 1 amide bonds. The molecule has 0 saturated carbocycles. The predicted molar refractivity (Wildman–Crippen MR) is 66.6 cm³/mol. The summed E-state index contributed by atoms with van der Waals surface area (Å²) in [4.78, 5) is 16.0. The van der Waals surface area contributed by atoms with Crippen LogP contribution >= 0.6 is 0 Å². The van der Waals surface area contributed by atoms with Gasteiger partial charge in [-0.05, 0) is 31.2 Å². The number of carbonyl (C=O) groups is 1. The van der Waals surface area contributed by atoms with E-state index in [1.165, 1.54) is 12.1 Å². The Labute approximate surface area is 104 Å². The van der Waals surface area contributed by atoms with Crippen LogP contribution in [0, 0.1) is 0 Å². The summed E-state index contributed by atoms with van der Waals surface area (Å²) in [5, 5.41) is 10.1. The minimum Gasteiger partial charge on any atom is -0.382 e. The molecule has 2 heterocycles. The molecule has 0 fully saturated rings. The molecule has 92 valence electrons. The minimum absolute atomic E-state index is 0.196. The van der Waals surface area contributed by atoms with E-state index in [0.717, 1.165) is 5.69 Å². The molecule has 6 heteroatoms. The quantitative estimate of drug-likeness (QED) is 0.836. The lowest BCUT2D eigenvalue weighted by Crippen LogP contribution is -2.28. The number of amides is 1. The van der Waals surface area contributed by atoms with Crippen molar-refractivity contribution in [3.8, 4) is 0 Å². The Hall–Kier alpha value is -2.50. The monoisotopic (exact) mass is 243 g/mol. The number of hydrogen-bond donors (Lipinski definition) is 2. The zero-order chi connectivity index (χ0) is 13.0. The number of nitrogens with two attached hydrogens (primary N) is 1. The third kappa shape index (κ3) is 2.79. The average molecular weight is 243 g/mol. The van der Waals surface area contributed by atoms with Crippen LogP contribution in [0.25, 0.3) is 0 Å². The van der Waals surface area contributed by atoms with Gasteiger partial charge in [0, 0.05) is 6.20 Å². The molecule has 0 aliphatic carbocycles. The molecule has 1 atom stereocenters. The highest BCUT2D eigenvalue weighted by molar-refractivity contribution is 5.92. The zero-order valence-electron chi connectivity index (χ0n) is 9.87. The van der Waals surface area contributed by atoms with Gasteiger partial charge in [0.1, 0.15) is 5.82 Å². The van der Waals surface area contributed by atoms with Gasteiger partial charge in [-0.3, -0.25) is 9.78 Å². The number of nitrogens with one attached hydrogen (secondary N) is 1. The largest absolute Gasteiger partial charge is 0.382 e. The van der Waals surface area contributed by atoms with Crippen LogP contribution in [0.5, 0.6) is 0 Å². The highest BCUT2D eigenvalue weighted by Gasteiger charge is 2.13. The average Bonchev–Trinajstić information content (AvgIpc) is 2.40. The first kappa shape index (κ1) is 12.0. The van der Waals surface area contributed by atoms with Gasteiger partial charge in [-0.25, -0.2) is 0 Å². The van der Waals surface area contributed by atoms with E-state index in [4.69, 9.17) is 5.73 Å². The normalized spacial score (nSPS) is 11.8. The molecule has 2 aromatic rings. The van der Waals surface area contributed by atoms with E-state index in [1.54, 1.807) is 6.20 Å². The van der Waals surface area contributed by atoms with Crippen molar-refractivity contribution in [3.63, 3.8) is 0 Å². The minimum atomic E-state index is -0.305. The topological polar surface area (TPSA) is 93.8 Å². The van der Waals surface area contributed by atoms with Crippen LogP contribution in [0.15, 0.2) is 36.5 Å². The number of nitrogen functional groups attached to an aromatic ring is 1. The van der Waals surface area contributed by atoms with Crippen molar-refractivity contribution in [2.24, 2.45) is 0 Å². The molecular formula is C12H13N5O. The number of carbonyl (C=O) groups excluding carboxylic acids is 1. The second-order valence-corrected chi connectivity index (χ2v) is 3.79. The van der Waals surface area contributed by atoms with E-state index in [1.807, 2.05) is 25.1 Å². The van der Waals surface area contributed by atoms with Crippen LogP contribution in [0.3, 0.4) is 0 Å². The zero-order valence-corrected chi connectivity index (χ0v) is 9.87. The number of anilines is 1. The fraction of sp³-hybridized carbons (Fsp3) is 0.167. The molecule has 6 nitrogen and oxygen atoms in total. The van der Waals surface area contributed by atoms with Crippen LogP contribution in [0.1, 0.15) is 29.1 Å². The second kappa shape index (κ2) is 5.22. The summed E-state index contributed by atoms with van der Waals surface area (Å²) >= 11 is 0. The van der Waals surface area contributed by atoms with Gasteiger partial charge in [-0.15, -0.1) is 10.2 Å². The molecule has 0 bridgehead atoms. The lowest BCUT2D eigenvalue weighted by molar-refractivity contribution is 0.0933. The fourth-order valence-electron chi connectivity index (χ4n) is 1.44. The van der Waals surface area contributed by atoms with Crippen molar-refractivity contribution in [2.45, 2.75) is 13.0 Å². The Morgan fingerprint density at radius 3 is 2.72 bits per heavy atom. The van der Waals surface area contributed by atoms with Crippen LogP contribution in [-0.4, -0.2) is 21.1 Å². The van der Waals surface area contributed by atoms with E-state index in [2.05, 4.69) is 20.5 Å². The van der Waals surface area contributed by atoms with Crippen LogP contribution in [0.4, 0.5) is 5.82 Å². The molecule has 0 aromatic carbocycles. The van der Waals surface area contributed by atoms with Gasteiger partial charge in [-0.1, -0.05) is 6.07 Å². The fourth-order valence-corrected chi connectivity index (χ4v) is 1.44. The van der Waals surface area contributed by atoms with Crippen LogP contribution in [-0.2, 0) is 0 Å².